The van der Waals surface area contributed by atoms with Crippen LogP contribution in [0.3, 0.4) is 0 Å². The minimum atomic E-state index is 0.579. The molecular formula is C16H19N5. The van der Waals surface area contributed by atoms with Gasteiger partial charge in [-0.3, -0.25) is 4.68 Å². The Morgan fingerprint density at radius 3 is 2.90 bits per heavy atom. The maximum Gasteiger partial charge on any atom is 0.152 e. The van der Waals surface area contributed by atoms with E-state index in [1.807, 2.05) is 36.0 Å². The largest absolute Gasteiger partial charge is 0.370 e. The molecule has 2 heterocycles. The summed E-state index contributed by atoms with van der Waals surface area (Å²) >= 11 is 0. The number of rotatable bonds is 5. The van der Waals surface area contributed by atoms with Gasteiger partial charge < -0.3 is 5.32 Å². The van der Waals surface area contributed by atoms with Gasteiger partial charge in [-0.05, 0) is 19.4 Å². The molecule has 108 valence electrons. The zero-order chi connectivity index (χ0) is 14.7. The maximum absolute atomic E-state index is 4.57. The highest BCUT2D eigenvalue weighted by Gasteiger charge is 2.06. The minimum absolute atomic E-state index is 0.579. The van der Waals surface area contributed by atoms with Crippen LogP contribution in [-0.2, 0) is 6.54 Å². The first-order valence-electron chi connectivity index (χ1n) is 7.25. The van der Waals surface area contributed by atoms with Crippen LogP contribution in [0.4, 0.5) is 5.82 Å². The van der Waals surface area contributed by atoms with Crippen molar-refractivity contribution in [3.8, 4) is 0 Å². The molecule has 0 saturated heterocycles. The van der Waals surface area contributed by atoms with Crippen LogP contribution in [0.25, 0.3) is 10.9 Å². The number of anilines is 1. The van der Waals surface area contributed by atoms with Gasteiger partial charge in [0.2, 0.25) is 0 Å². The van der Waals surface area contributed by atoms with Gasteiger partial charge in [0.05, 0.1) is 11.7 Å². The second-order valence-corrected chi connectivity index (χ2v) is 5.10. The molecule has 5 nitrogen and oxygen atoms in total. The van der Waals surface area contributed by atoms with E-state index in [2.05, 4.69) is 39.4 Å². The molecule has 0 radical (unpaired) electrons. The van der Waals surface area contributed by atoms with Gasteiger partial charge >= 0.3 is 0 Å². The van der Waals surface area contributed by atoms with E-state index in [-0.39, 0.29) is 0 Å². The molecule has 0 aliphatic carbocycles. The van der Waals surface area contributed by atoms with E-state index in [9.17, 15) is 0 Å². The zero-order valence-corrected chi connectivity index (χ0v) is 12.4. The monoisotopic (exact) mass is 281 g/mol. The molecule has 0 amide bonds. The average Bonchev–Trinajstić information content (AvgIpc) is 2.88. The highest BCUT2D eigenvalue weighted by Crippen LogP contribution is 2.14. The van der Waals surface area contributed by atoms with Gasteiger partial charge in [0.15, 0.2) is 5.82 Å². The Morgan fingerprint density at radius 2 is 2.05 bits per heavy atom. The smallest absolute Gasteiger partial charge is 0.152 e. The van der Waals surface area contributed by atoms with E-state index in [4.69, 9.17) is 0 Å². The third-order valence-corrected chi connectivity index (χ3v) is 3.30. The molecule has 0 atom stereocenters. The van der Waals surface area contributed by atoms with Crippen LogP contribution in [0, 0.1) is 6.92 Å². The quantitative estimate of drug-likeness (QED) is 0.781. The number of para-hydroxylation sites is 1. The summed E-state index contributed by atoms with van der Waals surface area (Å²) in [5.41, 5.74) is 2.07. The van der Waals surface area contributed by atoms with Crippen LogP contribution in [0.2, 0.25) is 0 Å². The van der Waals surface area contributed by atoms with Gasteiger partial charge in [-0.1, -0.05) is 25.1 Å². The molecule has 1 N–H and O–H groups in total. The zero-order valence-electron chi connectivity index (χ0n) is 12.4. The predicted molar refractivity (Wildman–Crippen MR) is 84.4 cm³/mol. The molecule has 0 aliphatic heterocycles. The van der Waals surface area contributed by atoms with E-state index < -0.39 is 0 Å². The summed E-state index contributed by atoms with van der Waals surface area (Å²) in [5, 5.41) is 8.87. The van der Waals surface area contributed by atoms with Crippen LogP contribution >= 0.6 is 0 Å². The highest BCUT2D eigenvalue weighted by atomic mass is 15.3. The van der Waals surface area contributed by atoms with E-state index >= 15 is 0 Å². The maximum atomic E-state index is 4.57. The number of fused-ring (bicyclic) bond motifs is 1. The van der Waals surface area contributed by atoms with Crippen molar-refractivity contribution in [3.05, 3.63) is 48.0 Å². The molecule has 0 saturated carbocycles. The van der Waals surface area contributed by atoms with E-state index in [0.717, 1.165) is 41.2 Å². The summed E-state index contributed by atoms with van der Waals surface area (Å²) < 4.78 is 1.94. The van der Waals surface area contributed by atoms with Crippen molar-refractivity contribution in [2.75, 3.05) is 11.9 Å². The molecule has 0 aliphatic rings. The topological polar surface area (TPSA) is 55.6 Å². The molecule has 3 aromatic rings. The number of aromatic nitrogens is 4. The fourth-order valence-corrected chi connectivity index (χ4v) is 2.33. The van der Waals surface area contributed by atoms with E-state index in [1.54, 1.807) is 0 Å². The Labute approximate surface area is 124 Å². The van der Waals surface area contributed by atoms with Crippen molar-refractivity contribution in [1.82, 2.24) is 19.7 Å². The number of hydrogen-bond donors (Lipinski definition) is 1. The van der Waals surface area contributed by atoms with Crippen LogP contribution in [0.15, 0.2) is 36.5 Å². The van der Waals surface area contributed by atoms with Crippen molar-refractivity contribution in [2.45, 2.75) is 26.8 Å². The van der Waals surface area contributed by atoms with Crippen LogP contribution in [-0.4, -0.2) is 26.3 Å². The van der Waals surface area contributed by atoms with Gasteiger partial charge in [0, 0.05) is 23.7 Å². The normalized spacial score (nSPS) is 11.0. The Bertz CT molecular complexity index is 747. The lowest BCUT2D eigenvalue weighted by atomic mass is 10.2. The number of hydrogen-bond acceptors (Lipinski definition) is 4. The molecule has 1 aromatic carbocycles. The van der Waals surface area contributed by atoms with Crippen LogP contribution in [0.1, 0.15) is 24.9 Å². The van der Waals surface area contributed by atoms with Crippen LogP contribution < -0.4 is 5.32 Å². The molecule has 0 fully saturated rings. The standard InChI is InChI=1S/C16H19N5/c1-3-8-17-15-9-12(2)19-16(20-15)11-21-14-7-5-4-6-13(14)10-18-21/h4-7,9-10H,3,8,11H2,1-2H3,(H,17,19,20). The van der Waals surface area contributed by atoms with Gasteiger partial charge in [-0.15, -0.1) is 0 Å². The Kier molecular flexibility index (Phi) is 3.81. The first kappa shape index (κ1) is 13.5. The van der Waals surface area contributed by atoms with Gasteiger partial charge in [-0.2, -0.15) is 5.10 Å². The fraction of sp³-hybridized carbons (Fsp3) is 0.312. The first-order valence-corrected chi connectivity index (χ1v) is 7.25. The number of benzene rings is 1. The number of nitrogens with one attached hydrogen (secondary N) is 1. The Balaban J connectivity index is 1.88. The lowest BCUT2D eigenvalue weighted by Gasteiger charge is -2.08. The molecule has 5 heteroatoms. The third kappa shape index (κ3) is 3.02. The van der Waals surface area contributed by atoms with E-state index in [1.165, 1.54) is 0 Å². The molecule has 0 unspecified atom stereocenters. The van der Waals surface area contributed by atoms with Gasteiger partial charge in [0.1, 0.15) is 12.4 Å². The van der Waals surface area contributed by atoms with E-state index in [0.29, 0.717) is 6.54 Å². The number of aryl methyl sites for hydroxylation is 1. The Morgan fingerprint density at radius 1 is 1.19 bits per heavy atom. The molecule has 21 heavy (non-hydrogen) atoms. The molecular weight excluding hydrogens is 262 g/mol. The first-order chi connectivity index (χ1) is 10.3. The third-order valence-electron chi connectivity index (χ3n) is 3.30. The summed E-state index contributed by atoms with van der Waals surface area (Å²) in [6.07, 6.45) is 2.95. The summed E-state index contributed by atoms with van der Waals surface area (Å²) in [5.74, 6) is 1.67. The Hall–Kier alpha value is -2.43. The van der Waals surface area contributed by atoms with Crippen molar-refractivity contribution < 1.29 is 0 Å². The van der Waals surface area contributed by atoms with Crippen molar-refractivity contribution >= 4 is 16.7 Å². The van der Waals surface area contributed by atoms with Crippen molar-refractivity contribution in [2.24, 2.45) is 0 Å². The minimum Gasteiger partial charge on any atom is -0.370 e. The predicted octanol–water partition coefficient (Wildman–Crippen LogP) is 3.00. The lowest BCUT2D eigenvalue weighted by molar-refractivity contribution is 0.674. The van der Waals surface area contributed by atoms with Crippen molar-refractivity contribution in [3.63, 3.8) is 0 Å². The summed E-state index contributed by atoms with van der Waals surface area (Å²) in [6.45, 7) is 5.62. The molecule has 0 spiro atoms. The summed E-state index contributed by atoms with van der Waals surface area (Å²) in [4.78, 5) is 9.08. The second kappa shape index (κ2) is 5.91. The van der Waals surface area contributed by atoms with Gasteiger partial charge in [-0.25, -0.2) is 9.97 Å². The highest BCUT2D eigenvalue weighted by molar-refractivity contribution is 5.78. The molecule has 3 rings (SSSR count). The molecule has 2 aromatic heterocycles. The molecule has 0 bridgehead atoms. The lowest BCUT2D eigenvalue weighted by Crippen LogP contribution is -2.10. The van der Waals surface area contributed by atoms with Gasteiger partial charge in [0.25, 0.3) is 0 Å². The fourth-order valence-electron chi connectivity index (χ4n) is 2.33. The average molecular weight is 281 g/mol. The summed E-state index contributed by atoms with van der Waals surface area (Å²) in [7, 11) is 0. The van der Waals surface area contributed by atoms with Crippen LogP contribution in [0.5, 0.6) is 0 Å². The number of nitrogens with zero attached hydrogens (tertiary/aromatic N) is 4. The summed E-state index contributed by atoms with van der Waals surface area (Å²) in [6, 6.07) is 10.1. The second-order valence-electron chi connectivity index (χ2n) is 5.10. The van der Waals surface area contributed by atoms with Crippen molar-refractivity contribution in [1.29, 1.82) is 0 Å². The SMILES string of the molecule is CCCNc1cc(C)nc(Cn2ncc3ccccc32)n1.